The summed E-state index contributed by atoms with van der Waals surface area (Å²) in [6.07, 6.45) is 10.6. The van der Waals surface area contributed by atoms with Gasteiger partial charge >= 0.3 is 11.9 Å². The zero-order valence-electron chi connectivity index (χ0n) is 28.6. The quantitative estimate of drug-likeness (QED) is 0.160. The predicted molar refractivity (Wildman–Crippen MR) is 176 cm³/mol. The average molecular weight is 635 g/mol. The smallest absolute Gasteiger partial charge is 0.331 e. The fraction of sp³-hybridized carbons (Fsp3) is 0.692. The van der Waals surface area contributed by atoms with Gasteiger partial charge in [0, 0.05) is 22.8 Å². The summed E-state index contributed by atoms with van der Waals surface area (Å²) >= 11 is 0. The Bertz CT molecular complexity index is 1450. The van der Waals surface area contributed by atoms with Crippen LogP contribution in [0.1, 0.15) is 99.0 Å². The minimum absolute atomic E-state index is 0.0534. The second kappa shape index (κ2) is 10.7. The van der Waals surface area contributed by atoms with E-state index in [-0.39, 0.29) is 40.3 Å². The number of aliphatic hydroxyl groups is 2. The number of aromatic hydroxyl groups is 1. The lowest BCUT2D eigenvalue weighted by Gasteiger charge is -2.74. The molecule has 7 nitrogen and oxygen atoms in total. The molecule has 0 saturated heterocycles. The van der Waals surface area contributed by atoms with E-state index in [1.165, 1.54) is 6.08 Å². The second-order valence-corrected chi connectivity index (χ2v) is 17.2. The summed E-state index contributed by atoms with van der Waals surface area (Å²) in [6.45, 7) is 15.4. The highest BCUT2D eigenvalue weighted by Gasteiger charge is 2.75. The molecular weight excluding hydrogens is 580 g/mol. The van der Waals surface area contributed by atoms with Crippen LogP contribution in [-0.4, -0.2) is 50.2 Å². The van der Waals surface area contributed by atoms with Crippen molar-refractivity contribution in [1.29, 1.82) is 0 Å². The number of rotatable bonds is 4. The van der Waals surface area contributed by atoms with Gasteiger partial charge in [0.25, 0.3) is 0 Å². The summed E-state index contributed by atoms with van der Waals surface area (Å²) in [5.74, 6) is -0.886. The number of fused-ring (bicyclic) bond motifs is 7. The van der Waals surface area contributed by atoms with E-state index in [2.05, 4.69) is 54.5 Å². The molecule has 12 atom stereocenters. The number of carbonyl (C=O) groups is 2. The van der Waals surface area contributed by atoms with Crippen molar-refractivity contribution >= 4 is 18.0 Å². The molecule has 1 aromatic carbocycles. The van der Waals surface area contributed by atoms with Crippen LogP contribution in [0.3, 0.4) is 0 Å². The van der Waals surface area contributed by atoms with Crippen LogP contribution in [0.2, 0.25) is 0 Å². The van der Waals surface area contributed by atoms with Gasteiger partial charge in [-0.15, -0.1) is 0 Å². The third kappa shape index (κ3) is 4.36. The van der Waals surface area contributed by atoms with E-state index in [1.807, 2.05) is 6.08 Å². The van der Waals surface area contributed by atoms with Crippen molar-refractivity contribution in [2.45, 2.75) is 111 Å². The number of carboxylic acid groups (broad SMARTS) is 1. The summed E-state index contributed by atoms with van der Waals surface area (Å²) in [4.78, 5) is 26.0. The van der Waals surface area contributed by atoms with E-state index in [0.717, 1.165) is 24.8 Å². The van der Waals surface area contributed by atoms with Crippen LogP contribution < -0.4 is 0 Å². The van der Waals surface area contributed by atoms with Gasteiger partial charge in [0.15, 0.2) is 0 Å². The molecule has 7 heteroatoms. The zero-order chi connectivity index (χ0) is 33.7. The molecule has 0 heterocycles. The van der Waals surface area contributed by atoms with Gasteiger partial charge in [-0.3, -0.25) is 4.79 Å². The molecule has 4 fully saturated rings. The molecule has 1 aromatic rings. The van der Waals surface area contributed by atoms with Crippen molar-refractivity contribution < 1.29 is 34.8 Å². The minimum atomic E-state index is -1.25. The third-order valence-electron chi connectivity index (χ3n) is 15.0. The molecule has 0 amide bonds. The highest BCUT2D eigenvalue weighted by Crippen LogP contribution is 2.76. The SMILES string of the molecule is C[C@H]1[C@H](C)CC[C@]2(C(=O)O)CC[C@]3(C)[C@](O)(C=C[C@@H]4[C@@]5(C)C[C@@H](O)[C@H](OC(=O)/C=C/c6ccc(O)cc6)C(C)(C)[C@@H]5CC[C@]43C)[C@@H]12. The number of carboxylic acids is 1. The first kappa shape index (κ1) is 33.3. The number of esters is 1. The number of aliphatic hydroxyl groups excluding tert-OH is 1. The highest BCUT2D eigenvalue weighted by atomic mass is 16.6. The van der Waals surface area contributed by atoms with E-state index in [9.17, 15) is 30.0 Å². The number of ether oxygens (including phenoxy) is 1. The Labute approximate surface area is 274 Å². The first-order valence-corrected chi connectivity index (χ1v) is 17.4. The van der Waals surface area contributed by atoms with Crippen molar-refractivity contribution in [3.63, 3.8) is 0 Å². The third-order valence-corrected chi connectivity index (χ3v) is 15.0. The standard InChI is InChI=1S/C39H54O7/c1-23-14-18-38(33(43)44)21-20-37(7)36(6)17-15-28-34(3,4)32(46-30(42)13-10-25-8-11-26(40)12-9-25)27(41)22-35(28,5)29(36)16-19-39(37,45)31(38)24(23)2/h8-13,16,19,23-24,27-29,31-32,40-41,45H,14-15,17-18,20-22H2,1-7H3,(H,43,44)/b13-10+/t23-,24+,27-,28+,29-,31+,32+,35+,36-,37+,38+,39+/m1/s1. The number of hydrogen-bond donors (Lipinski definition) is 4. The number of hydrogen-bond acceptors (Lipinski definition) is 6. The van der Waals surface area contributed by atoms with Crippen LogP contribution >= 0.6 is 0 Å². The van der Waals surface area contributed by atoms with E-state index in [0.29, 0.717) is 31.6 Å². The van der Waals surface area contributed by atoms with Crippen LogP contribution in [0.15, 0.2) is 42.5 Å². The van der Waals surface area contributed by atoms with Crippen LogP contribution in [-0.2, 0) is 14.3 Å². The van der Waals surface area contributed by atoms with Crippen molar-refractivity contribution in [3.8, 4) is 5.75 Å². The first-order chi connectivity index (χ1) is 21.4. The monoisotopic (exact) mass is 634 g/mol. The Balaban J connectivity index is 1.32. The summed E-state index contributed by atoms with van der Waals surface area (Å²) in [5.41, 5.74) is -3.12. The lowest BCUT2D eigenvalue weighted by atomic mass is 9.31. The Hall–Kier alpha value is -2.64. The molecule has 0 aliphatic heterocycles. The normalized spacial score (nSPS) is 47.6. The maximum Gasteiger partial charge on any atom is 0.331 e. The molecule has 0 unspecified atom stereocenters. The molecule has 0 bridgehead atoms. The summed E-state index contributed by atoms with van der Waals surface area (Å²) < 4.78 is 6.02. The molecule has 4 N–H and O–H groups in total. The van der Waals surface area contributed by atoms with Gasteiger partial charge in [0.1, 0.15) is 11.9 Å². The average Bonchev–Trinajstić information content (AvgIpc) is 2.97. The van der Waals surface area contributed by atoms with Crippen LogP contribution in [0.25, 0.3) is 6.08 Å². The summed E-state index contributed by atoms with van der Waals surface area (Å²) in [7, 11) is 0. The Morgan fingerprint density at radius 2 is 1.63 bits per heavy atom. The number of phenolic OH excluding ortho intramolecular Hbond substituents is 1. The molecule has 0 radical (unpaired) electrons. The number of carbonyl (C=O) groups excluding carboxylic acids is 1. The molecule has 5 aliphatic carbocycles. The number of phenols is 1. The van der Waals surface area contributed by atoms with Crippen molar-refractivity contribution in [2.75, 3.05) is 0 Å². The highest BCUT2D eigenvalue weighted by molar-refractivity contribution is 5.87. The van der Waals surface area contributed by atoms with E-state index >= 15 is 0 Å². The molecule has 6 rings (SSSR count). The molecule has 252 valence electrons. The number of benzene rings is 1. The van der Waals surface area contributed by atoms with E-state index < -0.39 is 46.0 Å². The topological polar surface area (TPSA) is 124 Å². The van der Waals surface area contributed by atoms with Crippen LogP contribution in [0, 0.1) is 56.7 Å². The van der Waals surface area contributed by atoms with Gasteiger partial charge in [-0.2, -0.15) is 0 Å². The van der Waals surface area contributed by atoms with Gasteiger partial charge in [0.2, 0.25) is 0 Å². The van der Waals surface area contributed by atoms with E-state index in [1.54, 1.807) is 30.3 Å². The predicted octanol–water partition coefficient (Wildman–Crippen LogP) is 7.00. The maximum atomic E-state index is 13.0. The van der Waals surface area contributed by atoms with Gasteiger partial charge < -0.3 is 25.2 Å². The number of aliphatic carboxylic acids is 1. The van der Waals surface area contributed by atoms with Crippen molar-refractivity contribution in [2.24, 2.45) is 56.7 Å². The van der Waals surface area contributed by atoms with Crippen LogP contribution in [0.4, 0.5) is 0 Å². The summed E-state index contributed by atoms with van der Waals surface area (Å²) in [6, 6.07) is 6.55. The fourth-order valence-electron chi connectivity index (χ4n) is 12.3. The Kier molecular flexibility index (Phi) is 7.73. The summed E-state index contributed by atoms with van der Waals surface area (Å²) in [5, 5.41) is 45.0. The van der Waals surface area contributed by atoms with Crippen molar-refractivity contribution in [1.82, 2.24) is 0 Å². The van der Waals surface area contributed by atoms with Gasteiger partial charge in [-0.1, -0.05) is 72.8 Å². The molecule has 46 heavy (non-hydrogen) atoms. The van der Waals surface area contributed by atoms with Crippen LogP contribution in [0.5, 0.6) is 5.75 Å². The first-order valence-electron chi connectivity index (χ1n) is 17.4. The minimum Gasteiger partial charge on any atom is -0.508 e. The number of allylic oxidation sites excluding steroid dienone is 1. The lowest BCUT2D eigenvalue weighted by molar-refractivity contribution is -0.284. The molecule has 4 saturated carbocycles. The van der Waals surface area contributed by atoms with Gasteiger partial charge in [0.05, 0.1) is 17.1 Å². The van der Waals surface area contributed by atoms with Crippen molar-refractivity contribution in [3.05, 3.63) is 48.1 Å². The largest absolute Gasteiger partial charge is 0.508 e. The zero-order valence-corrected chi connectivity index (χ0v) is 28.6. The van der Waals surface area contributed by atoms with E-state index in [4.69, 9.17) is 4.74 Å². The molecule has 0 aromatic heterocycles. The lowest BCUT2D eigenvalue weighted by Crippen LogP contribution is -2.74. The Morgan fingerprint density at radius 1 is 0.957 bits per heavy atom. The fourth-order valence-corrected chi connectivity index (χ4v) is 12.3. The van der Waals surface area contributed by atoms with Gasteiger partial charge in [-0.25, -0.2) is 4.79 Å². The van der Waals surface area contributed by atoms with Gasteiger partial charge in [-0.05, 0) is 103 Å². The maximum absolute atomic E-state index is 13.0. The molecular formula is C39H54O7. The molecule has 0 spiro atoms. The second-order valence-electron chi connectivity index (χ2n) is 17.2. The Morgan fingerprint density at radius 3 is 2.28 bits per heavy atom. The molecule has 5 aliphatic rings.